The molecule has 0 bridgehead atoms. The molecule has 1 aromatic rings. The van der Waals surface area contributed by atoms with E-state index in [2.05, 4.69) is 9.97 Å². The average molecular weight is 242 g/mol. The molecule has 0 aliphatic carbocycles. The normalized spacial score (nSPS) is 11.4. The molecular formula is C10H14N2O3S. The van der Waals surface area contributed by atoms with Gasteiger partial charge in [-0.05, 0) is 26.7 Å². The van der Waals surface area contributed by atoms with E-state index in [9.17, 15) is 9.35 Å². The fourth-order valence-electron chi connectivity index (χ4n) is 1.14. The van der Waals surface area contributed by atoms with Gasteiger partial charge in [-0.2, -0.15) is 0 Å². The van der Waals surface area contributed by atoms with Crippen LogP contribution in [0.2, 0.25) is 0 Å². The van der Waals surface area contributed by atoms with Gasteiger partial charge >= 0.3 is 5.97 Å². The number of nitrogens with zero attached hydrogens (tertiary/aromatic N) is 2. The van der Waals surface area contributed by atoms with Crippen molar-refractivity contribution in [3.8, 4) is 0 Å². The van der Waals surface area contributed by atoms with Gasteiger partial charge in [0.2, 0.25) is 0 Å². The predicted octanol–water partition coefficient (Wildman–Crippen LogP) is 0.909. The molecule has 0 aromatic carbocycles. The minimum atomic E-state index is -0.706. The maximum absolute atomic E-state index is 11.0. The minimum Gasteiger partial charge on any atom is -0.794 e. The third kappa shape index (κ3) is 3.18. The van der Waals surface area contributed by atoms with Crippen molar-refractivity contribution in [2.75, 3.05) is 0 Å². The molecule has 0 fully saturated rings. The molecule has 6 heteroatoms. The molecule has 5 nitrogen and oxygen atoms in total. The molecule has 0 radical (unpaired) electrons. The van der Waals surface area contributed by atoms with Gasteiger partial charge in [-0.3, -0.25) is 4.98 Å². The van der Waals surface area contributed by atoms with E-state index in [0.717, 1.165) is 0 Å². The topological polar surface area (TPSA) is 88.8 Å². The quantitative estimate of drug-likeness (QED) is 0.565. The molecule has 0 spiro atoms. The maximum Gasteiger partial charge on any atom is 0.521 e. The first-order chi connectivity index (χ1) is 7.47. The van der Waals surface area contributed by atoms with Gasteiger partial charge in [0, 0.05) is 17.2 Å². The fourth-order valence-corrected chi connectivity index (χ4v) is 1.49. The van der Waals surface area contributed by atoms with Gasteiger partial charge < -0.3 is 9.66 Å². The van der Waals surface area contributed by atoms with Crippen LogP contribution in [0.25, 0.3) is 0 Å². The summed E-state index contributed by atoms with van der Waals surface area (Å²) < 4.78 is 10.7. The molecular weight excluding hydrogens is 228 g/mol. The van der Waals surface area contributed by atoms with Crippen LogP contribution in [-0.2, 0) is 11.2 Å². The Balaban J connectivity index is 2.71. The Morgan fingerprint density at radius 2 is 2.12 bits per heavy atom. The number of hydrogen-bond donors (Lipinski definition) is 0. The van der Waals surface area contributed by atoms with Crippen LogP contribution in [-0.4, -0.2) is 25.6 Å². The highest BCUT2D eigenvalue weighted by atomic mass is 32.2. The molecule has 0 atom stereocenters. The molecule has 0 unspecified atom stereocenters. The molecule has 88 valence electrons. The lowest BCUT2D eigenvalue weighted by Crippen LogP contribution is -2.24. The van der Waals surface area contributed by atoms with Crippen LogP contribution in [0, 0.1) is 5.41 Å². The Morgan fingerprint density at radius 1 is 1.50 bits per heavy atom. The number of aryl methyl sites for hydroxylation is 1. The summed E-state index contributed by atoms with van der Waals surface area (Å²) in [6, 6.07) is 0. The third-order valence-corrected chi connectivity index (χ3v) is 2.92. The van der Waals surface area contributed by atoms with Crippen LogP contribution in [0.5, 0.6) is 0 Å². The highest BCUT2D eigenvalue weighted by molar-refractivity contribution is 7.93. The van der Waals surface area contributed by atoms with Crippen LogP contribution in [0.1, 0.15) is 26.0 Å². The summed E-state index contributed by atoms with van der Waals surface area (Å²) in [6.45, 7) is 3.42. The zero-order valence-electron chi connectivity index (χ0n) is 9.19. The molecule has 1 heterocycles. The highest BCUT2D eigenvalue weighted by Crippen LogP contribution is 2.24. The number of carbonyl (C=O) groups is 1. The molecule has 0 aliphatic heterocycles. The molecule has 0 aliphatic rings. The number of carbonyl (C=O) groups excluding carboxylic acids is 1. The number of hydrogen-bond acceptors (Lipinski definition) is 5. The highest BCUT2D eigenvalue weighted by Gasteiger charge is 2.34. The molecule has 1 aromatic heterocycles. The lowest BCUT2D eigenvalue weighted by molar-refractivity contribution is -0.147. The van der Waals surface area contributed by atoms with Crippen molar-refractivity contribution in [1.82, 2.24) is 9.97 Å². The Morgan fingerprint density at radius 3 is 2.69 bits per heavy atom. The van der Waals surface area contributed by atoms with E-state index >= 15 is 0 Å². The molecule has 1 rings (SSSR count). The van der Waals surface area contributed by atoms with Gasteiger partial charge in [-0.25, -0.2) is 17.0 Å². The Bertz CT molecular complexity index is 382. The fraction of sp³-hybridized carbons (Fsp3) is 0.500. The van der Waals surface area contributed by atoms with E-state index in [1.165, 1.54) is 12.4 Å². The van der Waals surface area contributed by atoms with Crippen LogP contribution >= 0.6 is 12.0 Å². The van der Waals surface area contributed by atoms with Gasteiger partial charge in [-0.15, -0.1) is 0 Å². The largest absolute Gasteiger partial charge is 0.794 e. The Kier molecular flexibility index (Phi) is 4.26. The molecule has 0 amide bonds. The first-order valence-electron chi connectivity index (χ1n) is 4.83. The summed E-state index contributed by atoms with van der Waals surface area (Å²) in [6.07, 6.45) is 3.95. The molecule has 2 N–H and O–H groups in total. The second kappa shape index (κ2) is 5.27. The smallest absolute Gasteiger partial charge is 0.521 e. The van der Waals surface area contributed by atoms with Crippen LogP contribution in [0.3, 0.4) is 0 Å². The van der Waals surface area contributed by atoms with Crippen molar-refractivity contribution < 1.29 is 14.5 Å². The summed E-state index contributed by atoms with van der Waals surface area (Å²) in [5.74, 6) is -0.604. The monoisotopic (exact) mass is 242 g/mol. The lowest BCUT2D eigenvalue weighted by atomic mass is 9.87. The van der Waals surface area contributed by atoms with Crippen LogP contribution < -0.4 is 0 Å². The third-order valence-electron chi connectivity index (χ3n) is 2.42. The van der Waals surface area contributed by atoms with Gasteiger partial charge in [-0.1, -0.05) is 0 Å². The second-order valence-corrected chi connectivity index (χ2v) is 4.66. The average Bonchev–Trinajstić information content (AvgIpc) is 2.26. The van der Waals surface area contributed by atoms with Crippen molar-refractivity contribution in [1.29, 1.82) is 0 Å². The van der Waals surface area contributed by atoms with E-state index in [1.54, 1.807) is 13.8 Å². The number of aromatic nitrogens is 2. The van der Waals surface area contributed by atoms with Crippen molar-refractivity contribution in [3.63, 3.8) is 0 Å². The molecule has 16 heavy (non-hydrogen) atoms. The van der Waals surface area contributed by atoms with Crippen molar-refractivity contribution in [3.05, 3.63) is 18.1 Å². The summed E-state index contributed by atoms with van der Waals surface area (Å²) >= 11 is 0.299. The van der Waals surface area contributed by atoms with Crippen molar-refractivity contribution >= 4 is 18.0 Å². The second-order valence-electron chi connectivity index (χ2n) is 4.10. The van der Waals surface area contributed by atoms with Gasteiger partial charge in [0.15, 0.2) is 0 Å². The standard InChI is InChI=1S/C10H14N2O3S/c1-10(2,9(13)14)4-3-7-8(16-15)12-6-5-11-7/h5-6,15H,3-4H2,1-2H3,(H,13,14). The molecule has 0 saturated carbocycles. The summed E-state index contributed by atoms with van der Waals surface area (Å²) in [5, 5.41) is 7.45. The number of rotatable bonds is 5. The Hall–Kier alpha value is -1.14. The zero-order chi connectivity index (χ0) is 12.2. The van der Waals surface area contributed by atoms with E-state index < -0.39 is 11.4 Å². The first kappa shape index (κ1) is 12.9. The predicted molar refractivity (Wildman–Crippen MR) is 59.4 cm³/mol. The maximum atomic E-state index is 11.0. The minimum absolute atomic E-state index is 0.299. The first-order valence-corrected chi connectivity index (χ1v) is 5.57. The van der Waals surface area contributed by atoms with Crippen LogP contribution in [0.15, 0.2) is 17.4 Å². The summed E-state index contributed by atoms with van der Waals surface area (Å²) in [7, 11) is 0. The van der Waals surface area contributed by atoms with E-state index in [1.807, 2.05) is 0 Å². The zero-order valence-corrected chi connectivity index (χ0v) is 10.0. The SMILES string of the molecule is CC(C)(CCc1nccnc1S[O-])C(=O)[OH2+]. The van der Waals surface area contributed by atoms with Gasteiger partial charge in [0.25, 0.3) is 0 Å². The van der Waals surface area contributed by atoms with Crippen LogP contribution in [0.4, 0.5) is 0 Å². The van der Waals surface area contributed by atoms with E-state index in [-0.39, 0.29) is 0 Å². The van der Waals surface area contributed by atoms with Crippen molar-refractivity contribution in [2.24, 2.45) is 5.41 Å². The van der Waals surface area contributed by atoms with Gasteiger partial charge in [0.1, 0.15) is 10.4 Å². The summed E-state index contributed by atoms with van der Waals surface area (Å²) in [4.78, 5) is 19.0. The Labute approximate surface area is 98.1 Å². The van der Waals surface area contributed by atoms with E-state index in [0.29, 0.717) is 35.6 Å². The van der Waals surface area contributed by atoms with E-state index in [4.69, 9.17) is 5.11 Å². The lowest BCUT2D eigenvalue weighted by Gasteiger charge is -2.15. The van der Waals surface area contributed by atoms with Gasteiger partial charge in [0.05, 0.1) is 5.69 Å². The summed E-state index contributed by atoms with van der Waals surface area (Å²) in [5.41, 5.74) is -0.112. The van der Waals surface area contributed by atoms with Crippen molar-refractivity contribution in [2.45, 2.75) is 31.7 Å². The molecule has 0 saturated heterocycles.